The van der Waals surface area contributed by atoms with E-state index >= 15 is 0 Å². The van der Waals surface area contributed by atoms with Gasteiger partial charge in [-0.1, -0.05) is 69.8 Å². The third-order valence-corrected chi connectivity index (χ3v) is 9.44. The topological polar surface area (TPSA) is 42.0 Å². The molecule has 2 aliphatic rings. The number of esters is 1. The number of carbonyl (C=O) groups excluding carboxylic acids is 1. The van der Waals surface area contributed by atoms with Gasteiger partial charge in [0, 0.05) is 35.8 Å². The Morgan fingerprint density at radius 2 is 1.67 bits per heavy atom. The number of likely N-dealkylation sites (tertiary alicyclic amines) is 1. The minimum absolute atomic E-state index is 0.250. The first kappa shape index (κ1) is 32.7. The second-order valence-electron chi connectivity index (χ2n) is 11.5. The lowest BCUT2D eigenvalue weighted by Gasteiger charge is -2.43. The highest BCUT2D eigenvalue weighted by molar-refractivity contribution is 7.99. The number of anilines is 2. The fourth-order valence-electron chi connectivity index (χ4n) is 6.01. The Morgan fingerprint density at radius 3 is 2.38 bits per heavy atom. The normalized spacial score (nSPS) is 17.4. The molecule has 0 spiro atoms. The van der Waals surface area contributed by atoms with Crippen molar-refractivity contribution < 1.29 is 27.4 Å². The minimum Gasteiger partial charge on any atom is -0.436 e. The Kier molecular flexibility index (Phi) is 11.7. The summed E-state index contributed by atoms with van der Waals surface area (Å²) in [6.45, 7) is 9.06. The number of nitrogens with zero attached hydrogens (tertiary/aromatic N) is 2. The number of piperidine rings is 1. The molecular weight excluding hydrogens is 561 g/mol. The van der Waals surface area contributed by atoms with Gasteiger partial charge in [0.05, 0.1) is 22.5 Å². The van der Waals surface area contributed by atoms with E-state index < -0.39 is 18.0 Å². The van der Waals surface area contributed by atoms with Crippen molar-refractivity contribution in [2.45, 2.75) is 113 Å². The Hall–Kier alpha value is -2.23. The van der Waals surface area contributed by atoms with Crippen LogP contribution in [-0.4, -0.2) is 48.9 Å². The van der Waals surface area contributed by atoms with Crippen molar-refractivity contribution in [2.24, 2.45) is 0 Å². The van der Waals surface area contributed by atoms with Crippen molar-refractivity contribution in [3.63, 3.8) is 0 Å². The second kappa shape index (κ2) is 15.0. The van der Waals surface area contributed by atoms with Crippen LogP contribution in [0.1, 0.15) is 90.5 Å². The molecular formula is C33H45F3N2O3S. The molecule has 9 heteroatoms. The predicted octanol–water partition coefficient (Wildman–Crippen LogP) is 9.21. The van der Waals surface area contributed by atoms with Gasteiger partial charge in [0.2, 0.25) is 6.29 Å². The summed E-state index contributed by atoms with van der Waals surface area (Å²) in [6.07, 6.45) is 4.85. The zero-order valence-corrected chi connectivity index (χ0v) is 26.0. The number of hydrogen-bond donors (Lipinski definition) is 0. The van der Waals surface area contributed by atoms with Gasteiger partial charge in [-0.25, -0.2) is 0 Å². The van der Waals surface area contributed by atoms with Crippen LogP contribution < -0.4 is 4.90 Å². The maximum Gasteiger partial charge on any atom is 0.416 e. The summed E-state index contributed by atoms with van der Waals surface area (Å²) in [4.78, 5) is 18.2. The monoisotopic (exact) mass is 606 g/mol. The van der Waals surface area contributed by atoms with Gasteiger partial charge >= 0.3 is 12.1 Å². The van der Waals surface area contributed by atoms with Crippen molar-refractivity contribution in [2.75, 3.05) is 31.1 Å². The second-order valence-corrected chi connectivity index (χ2v) is 12.6. The van der Waals surface area contributed by atoms with Crippen molar-refractivity contribution in [1.82, 2.24) is 4.90 Å². The minimum atomic E-state index is -4.38. The Labute approximate surface area is 253 Å². The molecule has 1 fully saturated rings. The first-order chi connectivity index (χ1) is 20.1. The van der Waals surface area contributed by atoms with Crippen LogP contribution >= 0.6 is 11.8 Å². The molecule has 42 heavy (non-hydrogen) atoms. The molecule has 0 N–H and O–H groups in total. The average molecular weight is 607 g/mol. The van der Waals surface area contributed by atoms with Crippen molar-refractivity contribution >= 4 is 29.1 Å². The molecule has 1 unspecified atom stereocenters. The molecule has 232 valence electrons. The molecule has 0 saturated carbocycles. The molecule has 2 aromatic carbocycles. The quantitative estimate of drug-likeness (QED) is 0.121. The molecule has 0 aromatic heterocycles. The maximum absolute atomic E-state index is 13.6. The fraction of sp³-hybridized carbons (Fsp3) is 0.606. The van der Waals surface area contributed by atoms with E-state index in [1.54, 1.807) is 13.0 Å². The van der Waals surface area contributed by atoms with Gasteiger partial charge in [0.15, 0.2) is 0 Å². The highest BCUT2D eigenvalue weighted by atomic mass is 32.2. The van der Waals surface area contributed by atoms with Crippen LogP contribution in [0.5, 0.6) is 0 Å². The number of para-hydroxylation sites is 1. The number of hydrogen-bond acceptors (Lipinski definition) is 6. The van der Waals surface area contributed by atoms with Gasteiger partial charge in [-0.05, 0) is 69.5 Å². The third-order valence-electron chi connectivity index (χ3n) is 8.31. The molecule has 0 aliphatic carbocycles. The highest BCUT2D eigenvalue weighted by Gasteiger charge is 2.37. The highest BCUT2D eigenvalue weighted by Crippen LogP contribution is 2.49. The molecule has 4 rings (SSSR count). The standard InChI is InChI=1S/C33H45F3N2O3S/c1-4-6-7-8-11-17-32(41-25(3)40-31(39)5-2)18-22-37(23-19-32)20-12-21-38-27-13-9-10-14-29(27)42-30-16-15-26(24-28(30)38)33(34,35)36/h9-10,13-16,24-25H,4-8,11-12,17-23H2,1-3H3. The number of ether oxygens (including phenoxy) is 2. The first-order valence-corrected chi connectivity index (χ1v) is 16.3. The molecule has 2 aliphatic heterocycles. The van der Waals surface area contributed by atoms with Crippen LogP contribution in [-0.2, 0) is 20.4 Å². The fourth-order valence-corrected chi connectivity index (χ4v) is 7.08. The Morgan fingerprint density at radius 1 is 0.952 bits per heavy atom. The Bertz CT molecular complexity index is 1170. The average Bonchev–Trinajstić information content (AvgIpc) is 2.97. The summed E-state index contributed by atoms with van der Waals surface area (Å²) < 4.78 is 52.6. The summed E-state index contributed by atoms with van der Waals surface area (Å²) in [5.41, 5.74) is 0.663. The molecule has 1 atom stereocenters. The molecule has 0 amide bonds. The van der Waals surface area contributed by atoms with E-state index in [1.165, 1.54) is 49.6 Å². The van der Waals surface area contributed by atoms with Crippen LogP contribution in [0.15, 0.2) is 52.3 Å². The number of rotatable bonds is 14. The van der Waals surface area contributed by atoms with Gasteiger partial charge in [-0.3, -0.25) is 4.79 Å². The molecule has 5 nitrogen and oxygen atoms in total. The van der Waals surface area contributed by atoms with Crippen molar-refractivity contribution in [3.05, 3.63) is 48.0 Å². The molecule has 0 radical (unpaired) electrons. The van der Waals surface area contributed by atoms with Crippen LogP contribution in [0.3, 0.4) is 0 Å². The van der Waals surface area contributed by atoms with Crippen LogP contribution in [0.25, 0.3) is 0 Å². The summed E-state index contributed by atoms with van der Waals surface area (Å²) in [5, 5.41) is 0. The van der Waals surface area contributed by atoms with E-state index in [-0.39, 0.29) is 11.6 Å². The lowest BCUT2D eigenvalue weighted by Crippen LogP contribution is -2.48. The van der Waals surface area contributed by atoms with Crippen LogP contribution in [0.2, 0.25) is 0 Å². The number of fused-ring (bicyclic) bond motifs is 2. The number of alkyl halides is 3. The number of carbonyl (C=O) groups is 1. The summed E-state index contributed by atoms with van der Waals surface area (Å²) >= 11 is 1.52. The van der Waals surface area contributed by atoms with E-state index in [4.69, 9.17) is 9.47 Å². The number of halogens is 3. The molecule has 2 aromatic rings. The van der Waals surface area contributed by atoms with Gasteiger partial charge in [-0.2, -0.15) is 13.2 Å². The number of benzene rings is 2. The van der Waals surface area contributed by atoms with E-state index in [0.717, 1.165) is 67.2 Å². The van der Waals surface area contributed by atoms with Crippen molar-refractivity contribution in [3.8, 4) is 0 Å². The van der Waals surface area contributed by atoms with Crippen LogP contribution in [0.4, 0.5) is 24.5 Å². The van der Waals surface area contributed by atoms with E-state index in [2.05, 4.69) is 11.8 Å². The Balaban J connectivity index is 1.37. The number of unbranched alkanes of at least 4 members (excludes halogenated alkanes) is 4. The molecule has 1 saturated heterocycles. The SMILES string of the molecule is CCCCCCCC1(OC(C)OC(=O)CC)CCN(CCCN2c3ccccc3Sc3ccc(C(F)(F)F)cc32)CC1. The predicted molar refractivity (Wildman–Crippen MR) is 162 cm³/mol. The zero-order valence-electron chi connectivity index (χ0n) is 25.2. The molecule has 0 bridgehead atoms. The smallest absolute Gasteiger partial charge is 0.416 e. The van der Waals surface area contributed by atoms with Crippen LogP contribution in [0, 0.1) is 0 Å². The van der Waals surface area contributed by atoms with Gasteiger partial charge in [0.1, 0.15) is 0 Å². The largest absolute Gasteiger partial charge is 0.436 e. The summed E-state index contributed by atoms with van der Waals surface area (Å²) in [5.74, 6) is -0.250. The van der Waals surface area contributed by atoms with E-state index in [9.17, 15) is 18.0 Å². The summed E-state index contributed by atoms with van der Waals surface area (Å²) in [7, 11) is 0. The van der Waals surface area contributed by atoms with Crippen molar-refractivity contribution in [1.29, 1.82) is 0 Å². The first-order valence-electron chi connectivity index (χ1n) is 15.5. The zero-order chi connectivity index (χ0) is 30.2. The van der Waals surface area contributed by atoms with E-state index in [0.29, 0.717) is 18.7 Å². The third kappa shape index (κ3) is 8.66. The summed E-state index contributed by atoms with van der Waals surface area (Å²) in [6, 6.07) is 12.0. The molecule has 2 heterocycles. The van der Waals surface area contributed by atoms with Gasteiger partial charge in [-0.15, -0.1) is 0 Å². The lowest BCUT2D eigenvalue weighted by molar-refractivity contribution is -0.218. The van der Waals surface area contributed by atoms with E-state index in [1.807, 2.05) is 36.1 Å². The lowest BCUT2D eigenvalue weighted by atomic mass is 9.85. The maximum atomic E-state index is 13.6. The van der Waals surface area contributed by atoms with Gasteiger partial charge in [0.25, 0.3) is 0 Å². The van der Waals surface area contributed by atoms with Gasteiger partial charge < -0.3 is 19.3 Å².